The SMILES string of the molecule is CCC(CC)N(CC(C)C)C(=NCC(C)C)NN. The maximum atomic E-state index is 5.66. The molecule has 3 N–H and O–H groups in total. The fourth-order valence-electron chi connectivity index (χ4n) is 2.02. The van der Waals surface area contributed by atoms with Gasteiger partial charge in [0.15, 0.2) is 0 Å². The van der Waals surface area contributed by atoms with Crippen LogP contribution in [0.4, 0.5) is 0 Å². The molecule has 0 unspecified atom stereocenters. The van der Waals surface area contributed by atoms with Gasteiger partial charge in [0.1, 0.15) is 0 Å². The first-order chi connectivity index (χ1) is 8.46. The van der Waals surface area contributed by atoms with Crippen LogP contribution < -0.4 is 11.3 Å². The van der Waals surface area contributed by atoms with E-state index in [0.717, 1.165) is 31.9 Å². The van der Waals surface area contributed by atoms with Gasteiger partial charge in [-0.1, -0.05) is 41.5 Å². The van der Waals surface area contributed by atoms with Crippen molar-refractivity contribution in [2.24, 2.45) is 22.7 Å². The molecular formula is C14H32N4. The lowest BCUT2D eigenvalue weighted by Gasteiger charge is -2.34. The van der Waals surface area contributed by atoms with E-state index in [-0.39, 0.29) is 0 Å². The van der Waals surface area contributed by atoms with Gasteiger partial charge in [0.25, 0.3) is 0 Å². The first kappa shape index (κ1) is 17.2. The summed E-state index contributed by atoms with van der Waals surface area (Å²) in [5.74, 6) is 7.65. The average molecular weight is 256 g/mol. The van der Waals surface area contributed by atoms with E-state index in [2.05, 4.69) is 56.9 Å². The van der Waals surface area contributed by atoms with E-state index in [1.54, 1.807) is 0 Å². The number of guanidine groups is 1. The van der Waals surface area contributed by atoms with Gasteiger partial charge < -0.3 is 4.90 Å². The molecule has 0 amide bonds. The van der Waals surface area contributed by atoms with E-state index < -0.39 is 0 Å². The van der Waals surface area contributed by atoms with Crippen LogP contribution in [0.1, 0.15) is 54.4 Å². The van der Waals surface area contributed by atoms with Crippen LogP contribution in [-0.4, -0.2) is 30.0 Å². The summed E-state index contributed by atoms with van der Waals surface area (Å²) in [5.41, 5.74) is 2.79. The molecule has 0 aliphatic heterocycles. The minimum Gasteiger partial charge on any atom is -0.339 e. The van der Waals surface area contributed by atoms with E-state index in [4.69, 9.17) is 5.84 Å². The Balaban J connectivity index is 4.93. The zero-order valence-electron chi connectivity index (χ0n) is 13.0. The third kappa shape index (κ3) is 6.24. The predicted molar refractivity (Wildman–Crippen MR) is 80.4 cm³/mol. The smallest absolute Gasteiger partial charge is 0.208 e. The van der Waals surface area contributed by atoms with Crippen LogP contribution in [0.15, 0.2) is 4.99 Å². The summed E-state index contributed by atoms with van der Waals surface area (Å²) >= 11 is 0. The predicted octanol–water partition coefficient (Wildman–Crippen LogP) is 2.61. The second-order valence-corrected chi connectivity index (χ2v) is 5.72. The van der Waals surface area contributed by atoms with Gasteiger partial charge in [0.2, 0.25) is 5.96 Å². The maximum absolute atomic E-state index is 5.66. The van der Waals surface area contributed by atoms with Crippen LogP contribution in [0.2, 0.25) is 0 Å². The molecule has 0 bridgehead atoms. The zero-order valence-corrected chi connectivity index (χ0v) is 13.0. The number of nitrogens with zero attached hydrogens (tertiary/aromatic N) is 2. The van der Waals surface area contributed by atoms with Gasteiger partial charge >= 0.3 is 0 Å². The normalized spacial score (nSPS) is 12.7. The summed E-state index contributed by atoms with van der Waals surface area (Å²) in [6.07, 6.45) is 2.23. The zero-order chi connectivity index (χ0) is 14.1. The quantitative estimate of drug-likeness (QED) is 0.319. The highest BCUT2D eigenvalue weighted by Gasteiger charge is 2.19. The van der Waals surface area contributed by atoms with E-state index in [9.17, 15) is 0 Å². The fourth-order valence-corrected chi connectivity index (χ4v) is 2.02. The Labute approximate surface area is 113 Å². The highest BCUT2D eigenvalue weighted by atomic mass is 15.4. The Morgan fingerprint density at radius 3 is 2.00 bits per heavy atom. The fraction of sp³-hybridized carbons (Fsp3) is 0.929. The molecule has 0 heterocycles. The standard InChI is InChI=1S/C14H32N4/c1-7-13(8-2)18(10-12(5)6)14(17-15)16-9-11(3)4/h11-13H,7-10,15H2,1-6H3,(H,16,17). The highest BCUT2D eigenvalue weighted by molar-refractivity contribution is 5.79. The number of hydrogen-bond donors (Lipinski definition) is 2. The van der Waals surface area contributed by atoms with Crippen molar-refractivity contribution >= 4 is 5.96 Å². The molecule has 0 aromatic heterocycles. The molecule has 0 atom stereocenters. The average Bonchev–Trinajstić information content (AvgIpc) is 2.30. The Hall–Kier alpha value is -0.770. The van der Waals surface area contributed by atoms with Crippen molar-refractivity contribution in [2.75, 3.05) is 13.1 Å². The van der Waals surface area contributed by atoms with Gasteiger partial charge in [-0.15, -0.1) is 0 Å². The van der Waals surface area contributed by atoms with Crippen LogP contribution in [0.5, 0.6) is 0 Å². The molecule has 4 nitrogen and oxygen atoms in total. The molecule has 0 aliphatic carbocycles. The summed E-state index contributed by atoms with van der Waals surface area (Å²) in [5, 5.41) is 0. The van der Waals surface area contributed by atoms with Crippen molar-refractivity contribution in [2.45, 2.75) is 60.4 Å². The van der Waals surface area contributed by atoms with Gasteiger partial charge in [0, 0.05) is 19.1 Å². The first-order valence-corrected chi connectivity index (χ1v) is 7.23. The number of nitrogens with two attached hydrogens (primary N) is 1. The second kappa shape index (κ2) is 9.20. The van der Waals surface area contributed by atoms with Crippen molar-refractivity contribution in [1.82, 2.24) is 10.3 Å². The lowest BCUT2D eigenvalue weighted by atomic mass is 10.1. The van der Waals surface area contributed by atoms with Crippen molar-refractivity contribution < 1.29 is 0 Å². The summed E-state index contributed by atoms with van der Waals surface area (Å²) in [4.78, 5) is 6.94. The molecule has 0 rings (SSSR count). The van der Waals surface area contributed by atoms with Crippen LogP contribution in [0, 0.1) is 11.8 Å². The van der Waals surface area contributed by atoms with Gasteiger partial charge in [0.05, 0.1) is 0 Å². The molecule has 0 saturated carbocycles. The molecule has 0 aromatic rings. The van der Waals surface area contributed by atoms with Crippen LogP contribution >= 0.6 is 0 Å². The molecule has 0 saturated heterocycles. The first-order valence-electron chi connectivity index (χ1n) is 7.23. The van der Waals surface area contributed by atoms with Gasteiger partial charge in [-0.25, -0.2) is 5.84 Å². The lowest BCUT2D eigenvalue weighted by molar-refractivity contribution is 0.258. The number of hydrogen-bond acceptors (Lipinski definition) is 2. The van der Waals surface area contributed by atoms with E-state index in [1.165, 1.54) is 0 Å². The van der Waals surface area contributed by atoms with Crippen LogP contribution in [0.3, 0.4) is 0 Å². The molecule has 0 aromatic carbocycles. The molecule has 0 aliphatic rings. The minimum atomic E-state index is 0.509. The summed E-state index contributed by atoms with van der Waals surface area (Å²) < 4.78 is 0. The Morgan fingerprint density at radius 2 is 1.67 bits per heavy atom. The molecule has 0 spiro atoms. The molecule has 0 radical (unpaired) electrons. The number of hydrazine groups is 1. The maximum Gasteiger partial charge on any atom is 0.208 e. The van der Waals surface area contributed by atoms with Crippen molar-refractivity contribution in [3.05, 3.63) is 0 Å². The Morgan fingerprint density at radius 1 is 1.11 bits per heavy atom. The van der Waals surface area contributed by atoms with Gasteiger partial charge in [-0.3, -0.25) is 10.4 Å². The molecule has 18 heavy (non-hydrogen) atoms. The van der Waals surface area contributed by atoms with Crippen LogP contribution in [-0.2, 0) is 0 Å². The molecule has 108 valence electrons. The Kier molecular flexibility index (Phi) is 8.81. The molecule has 4 heteroatoms. The molecule has 0 fully saturated rings. The van der Waals surface area contributed by atoms with E-state index in [0.29, 0.717) is 17.9 Å². The third-order valence-electron chi connectivity index (χ3n) is 2.95. The van der Waals surface area contributed by atoms with E-state index in [1.807, 2.05) is 0 Å². The van der Waals surface area contributed by atoms with Crippen molar-refractivity contribution in [3.8, 4) is 0 Å². The van der Waals surface area contributed by atoms with Crippen LogP contribution in [0.25, 0.3) is 0 Å². The van der Waals surface area contributed by atoms with Crippen molar-refractivity contribution in [1.29, 1.82) is 0 Å². The topological polar surface area (TPSA) is 53.6 Å². The second-order valence-electron chi connectivity index (χ2n) is 5.72. The summed E-state index contributed by atoms with van der Waals surface area (Å²) in [6.45, 7) is 15.0. The largest absolute Gasteiger partial charge is 0.339 e. The highest BCUT2D eigenvalue weighted by Crippen LogP contribution is 2.12. The summed E-state index contributed by atoms with van der Waals surface area (Å²) in [7, 11) is 0. The van der Waals surface area contributed by atoms with Crippen molar-refractivity contribution in [3.63, 3.8) is 0 Å². The number of rotatable bonds is 7. The third-order valence-corrected chi connectivity index (χ3v) is 2.95. The monoisotopic (exact) mass is 256 g/mol. The summed E-state index contributed by atoms with van der Waals surface area (Å²) in [6, 6.07) is 0.509. The number of nitrogens with one attached hydrogen (secondary N) is 1. The van der Waals surface area contributed by atoms with E-state index >= 15 is 0 Å². The minimum absolute atomic E-state index is 0.509. The number of aliphatic imine (C=N–C) groups is 1. The lowest BCUT2D eigenvalue weighted by Crippen LogP contribution is -2.51. The Bertz CT molecular complexity index is 232. The molecular weight excluding hydrogens is 224 g/mol. The van der Waals surface area contributed by atoms with Gasteiger partial charge in [-0.05, 0) is 24.7 Å². The van der Waals surface area contributed by atoms with Gasteiger partial charge in [-0.2, -0.15) is 0 Å².